The maximum atomic E-state index is 14.3. The van der Waals surface area contributed by atoms with Crippen LogP contribution in [0, 0.1) is 5.82 Å². The SMILES string of the molecule is OCCOc1ccc(NCc2ccc(-c3ccncc3)cc2F)cc1. The molecule has 5 heteroatoms. The Balaban J connectivity index is 1.63. The third-order valence-electron chi connectivity index (χ3n) is 3.76. The highest BCUT2D eigenvalue weighted by Crippen LogP contribution is 2.22. The van der Waals surface area contributed by atoms with Gasteiger partial charge in [-0.2, -0.15) is 0 Å². The number of benzene rings is 2. The van der Waals surface area contributed by atoms with Crippen LogP contribution in [0.15, 0.2) is 67.0 Å². The molecule has 1 heterocycles. The van der Waals surface area contributed by atoms with Crippen molar-refractivity contribution in [1.82, 2.24) is 4.98 Å². The zero-order valence-corrected chi connectivity index (χ0v) is 13.7. The number of rotatable bonds is 7. The predicted octanol–water partition coefficient (Wildman–Crippen LogP) is 3.87. The molecular weight excluding hydrogens is 319 g/mol. The number of hydrogen-bond acceptors (Lipinski definition) is 4. The van der Waals surface area contributed by atoms with E-state index in [4.69, 9.17) is 9.84 Å². The number of ether oxygens (including phenoxy) is 1. The molecule has 0 fully saturated rings. The van der Waals surface area contributed by atoms with E-state index in [0.29, 0.717) is 17.9 Å². The third-order valence-corrected chi connectivity index (χ3v) is 3.76. The summed E-state index contributed by atoms with van der Waals surface area (Å²) in [5.41, 5.74) is 3.23. The number of nitrogens with zero attached hydrogens (tertiary/aromatic N) is 1. The normalized spacial score (nSPS) is 10.5. The topological polar surface area (TPSA) is 54.4 Å². The van der Waals surface area contributed by atoms with Crippen LogP contribution in [0.4, 0.5) is 10.1 Å². The van der Waals surface area contributed by atoms with Crippen LogP contribution < -0.4 is 10.1 Å². The predicted molar refractivity (Wildman–Crippen MR) is 96.0 cm³/mol. The lowest BCUT2D eigenvalue weighted by molar-refractivity contribution is 0.201. The Bertz CT molecular complexity index is 808. The van der Waals surface area contributed by atoms with Crippen molar-refractivity contribution in [3.63, 3.8) is 0 Å². The van der Waals surface area contributed by atoms with Gasteiger partial charge in [0.15, 0.2) is 0 Å². The van der Waals surface area contributed by atoms with Gasteiger partial charge in [-0.3, -0.25) is 4.98 Å². The smallest absolute Gasteiger partial charge is 0.128 e. The Hall–Kier alpha value is -2.92. The van der Waals surface area contributed by atoms with Crippen molar-refractivity contribution in [2.45, 2.75) is 6.54 Å². The van der Waals surface area contributed by atoms with E-state index in [1.54, 1.807) is 30.6 Å². The summed E-state index contributed by atoms with van der Waals surface area (Å²) >= 11 is 0. The van der Waals surface area contributed by atoms with Crippen molar-refractivity contribution in [2.24, 2.45) is 0 Å². The Morgan fingerprint density at radius 2 is 1.72 bits per heavy atom. The van der Waals surface area contributed by atoms with Gasteiger partial charge in [0.1, 0.15) is 18.2 Å². The molecule has 3 rings (SSSR count). The summed E-state index contributed by atoms with van der Waals surface area (Å²) in [6, 6.07) is 16.3. The van der Waals surface area contributed by atoms with Gasteiger partial charge in [0, 0.05) is 30.2 Å². The Labute approximate surface area is 145 Å². The van der Waals surface area contributed by atoms with E-state index in [1.807, 2.05) is 30.3 Å². The highest BCUT2D eigenvalue weighted by Gasteiger charge is 2.05. The van der Waals surface area contributed by atoms with E-state index in [0.717, 1.165) is 16.8 Å². The Morgan fingerprint density at radius 1 is 0.960 bits per heavy atom. The van der Waals surface area contributed by atoms with Gasteiger partial charge in [0.2, 0.25) is 0 Å². The van der Waals surface area contributed by atoms with Gasteiger partial charge >= 0.3 is 0 Å². The second-order valence-electron chi connectivity index (χ2n) is 5.49. The highest BCUT2D eigenvalue weighted by molar-refractivity contribution is 5.63. The second kappa shape index (κ2) is 8.26. The molecule has 0 saturated carbocycles. The molecule has 2 aromatic carbocycles. The minimum absolute atomic E-state index is 0.0191. The molecule has 128 valence electrons. The Kier molecular flexibility index (Phi) is 5.59. The number of pyridine rings is 1. The van der Waals surface area contributed by atoms with E-state index in [-0.39, 0.29) is 19.0 Å². The summed E-state index contributed by atoms with van der Waals surface area (Å²) in [4.78, 5) is 3.97. The monoisotopic (exact) mass is 338 g/mol. The fourth-order valence-electron chi connectivity index (χ4n) is 2.44. The molecule has 0 amide bonds. The molecule has 0 saturated heterocycles. The first-order valence-electron chi connectivity index (χ1n) is 8.02. The van der Waals surface area contributed by atoms with Gasteiger partial charge in [-0.15, -0.1) is 0 Å². The first-order chi connectivity index (χ1) is 12.3. The van der Waals surface area contributed by atoms with Crippen LogP contribution in [-0.2, 0) is 6.54 Å². The van der Waals surface area contributed by atoms with E-state index in [9.17, 15) is 4.39 Å². The minimum atomic E-state index is -0.246. The quantitative estimate of drug-likeness (QED) is 0.687. The molecule has 2 N–H and O–H groups in total. The van der Waals surface area contributed by atoms with Gasteiger partial charge in [-0.1, -0.05) is 12.1 Å². The van der Waals surface area contributed by atoms with Crippen LogP contribution in [0.25, 0.3) is 11.1 Å². The van der Waals surface area contributed by atoms with Crippen molar-refractivity contribution >= 4 is 5.69 Å². The maximum Gasteiger partial charge on any atom is 0.128 e. The molecule has 0 spiro atoms. The fraction of sp³-hybridized carbons (Fsp3) is 0.150. The van der Waals surface area contributed by atoms with Crippen LogP contribution in [0.2, 0.25) is 0 Å². The van der Waals surface area contributed by atoms with Gasteiger partial charge in [-0.05, 0) is 53.6 Å². The molecule has 0 radical (unpaired) electrons. The number of halogens is 1. The largest absolute Gasteiger partial charge is 0.491 e. The van der Waals surface area contributed by atoms with Crippen LogP contribution in [0.1, 0.15) is 5.56 Å². The summed E-state index contributed by atoms with van der Waals surface area (Å²) in [7, 11) is 0. The molecule has 0 aliphatic heterocycles. The number of aromatic nitrogens is 1. The number of hydrogen-bond donors (Lipinski definition) is 2. The average molecular weight is 338 g/mol. The van der Waals surface area contributed by atoms with Gasteiger partial charge in [0.25, 0.3) is 0 Å². The van der Waals surface area contributed by atoms with Crippen LogP contribution in [0.3, 0.4) is 0 Å². The molecule has 4 nitrogen and oxygen atoms in total. The second-order valence-corrected chi connectivity index (χ2v) is 5.49. The number of aliphatic hydroxyl groups is 1. The lowest BCUT2D eigenvalue weighted by Crippen LogP contribution is -2.03. The first kappa shape index (κ1) is 16.9. The van der Waals surface area contributed by atoms with Crippen LogP contribution in [0.5, 0.6) is 5.75 Å². The molecule has 0 bridgehead atoms. The average Bonchev–Trinajstić information content (AvgIpc) is 2.67. The van der Waals surface area contributed by atoms with Crippen LogP contribution in [-0.4, -0.2) is 23.3 Å². The van der Waals surface area contributed by atoms with E-state index < -0.39 is 0 Å². The van der Waals surface area contributed by atoms with E-state index in [1.165, 1.54) is 6.07 Å². The summed E-state index contributed by atoms with van der Waals surface area (Å²) in [5, 5.41) is 11.9. The number of anilines is 1. The van der Waals surface area contributed by atoms with E-state index >= 15 is 0 Å². The van der Waals surface area contributed by atoms with Crippen molar-refractivity contribution in [3.8, 4) is 16.9 Å². The first-order valence-corrected chi connectivity index (χ1v) is 8.02. The summed E-state index contributed by atoms with van der Waals surface area (Å²) in [6.07, 6.45) is 3.38. The summed E-state index contributed by atoms with van der Waals surface area (Å²) in [6.45, 7) is 0.635. The van der Waals surface area contributed by atoms with Gasteiger partial charge in [-0.25, -0.2) is 4.39 Å². The van der Waals surface area contributed by atoms with E-state index in [2.05, 4.69) is 10.3 Å². The molecular formula is C20H19FN2O2. The summed E-state index contributed by atoms with van der Waals surface area (Å²) in [5.74, 6) is 0.442. The molecule has 0 aliphatic rings. The zero-order valence-electron chi connectivity index (χ0n) is 13.7. The molecule has 25 heavy (non-hydrogen) atoms. The lowest BCUT2D eigenvalue weighted by atomic mass is 10.0. The van der Waals surface area contributed by atoms with Gasteiger partial charge in [0.05, 0.1) is 6.61 Å². The number of aliphatic hydroxyl groups excluding tert-OH is 1. The Morgan fingerprint density at radius 3 is 2.40 bits per heavy atom. The molecule has 0 aliphatic carbocycles. The summed E-state index contributed by atoms with van der Waals surface area (Å²) < 4.78 is 19.6. The third kappa shape index (κ3) is 4.55. The molecule has 0 atom stereocenters. The lowest BCUT2D eigenvalue weighted by Gasteiger charge is -2.10. The van der Waals surface area contributed by atoms with Crippen molar-refractivity contribution in [1.29, 1.82) is 0 Å². The standard InChI is InChI=1S/C20H19FN2O2/c21-20-13-16(15-7-9-22-10-8-15)1-2-17(20)14-23-18-3-5-19(6-4-18)25-12-11-24/h1-10,13,23-24H,11-12,14H2. The highest BCUT2D eigenvalue weighted by atomic mass is 19.1. The molecule has 0 unspecified atom stereocenters. The van der Waals surface area contributed by atoms with Gasteiger partial charge < -0.3 is 15.2 Å². The fourth-order valence-corrected chi connectivity index (χ4v) is 2.44. The van der Waals surface area contributed by atoms with Crippen molar-refractivity contribution < 1.29 is 14.2 Å². The molecule has 1 aromatic heterocycles. The maximum absolute atomic E-state index is 14.3. The molecule has 3 aromatic rings. The van der Waals surface area contributed by atoms with Crippen molar-refractivity contribution in [2.75, 3.05) is 18.5 Å². The minimum Gasteiger partial charge on any atom is -0.491 e. The van der Waals surface area contributed by atoms with Crippen LogP contribution >= 0.6 is 0 Å². The zero-order chi connectivity index (χ0) is 17.5. The van der Waals surface area contributed by atoms with Crippen molar-refractivity contribution in [3.05, 3.63) is 78.4 Å². The number of nitrogens with one attached hydrogen (secondary N) is 1.